The number of ether oxygens (including phenoxy) is 1. The predicted molar refractivity (Wildman–Crippen MR) is 108 cm³/mol. The summed E-state index contributed by atoms with van der Waals surface area (Å²) < 4.78 is 6.27. The zero-order valence-corrected chi connectivity index (χ0v) is 15.0. The first-order valence-corrected chi connectivity index (χ1v) is 8.78. The van der Waals surface area contributed by atoms with Crippen LogP contribution in [0, 0.1) is 13.8 Å². The summed E-state index contributed by atoms with van der Waals surface area (Å²) in [5.41, 5.74) is 5.70. The van der Waals surface area contributed by atoms with E-state index in [0.29, 0.717) is 0 Å². The van der Waals surface area contributed by atoms with Crippen molar-refractivity contribution in [3.05, 3.63) is 114 Å². The molecule has 1 aliphatic heterocycles. The van der Waals surface area contributed by atoms with Crippen molar-refractivity contribution in [3.63, 3.8) is 0 Å². The van der Waals surface area contributed by atoms with Crippen LogP contribution in [0.2, 0.25) is 0 Å². The Labute approximate surface area is 154 Å². The topological polar surface area (TPSA) is 12.5 Å². The lowest BCUT2D eigenvalue weighted by Gasteiger charge is -2.26. The maximum Gasteiger partial charge on any atom is 0.151 e. The number of anilines is 1. The van der Waals surface area contributed by atoms with Crippen LogP contribution in [-0.4, -0.2) is 0 Å². The second kappa shape index (κ2) is 6.93. The van der Waals surface area contributed by atoms with Gasteiger partial charge < -0.3 is 9.64 Å². The van der Waals surface area contributed by atoms with Crippen LogP contribution < -0.4 is 4.90 Å². The molecule has 2 heteroatoms. The highest BCUT2D eigenvalue weighted by Gasteiger charge is 2.17. The fourth-order valence-electron chi connectivity index (χ4n) is 2.91. The molecule has 0 radical (unpaired) electrons. The van der Waals surface area contributed by atoms with Gasteiger partial charge in [-0.3, -0.25) is 0 Å². The summed E-state index contributed by atoms with van der Waals surface area (Å²) in [5, 5.41) is 0. The number of hydrogen-bond donors (Lipinski definition) is 0. The monoisotopic (exact) mass is 339 g/mol. The van der Waals surface area contributed by atoms with Crippen molar-refractivity contribution in [1.82, 2.24) is 0 Å². The van der Waals surface area contributed by atoms with Gasteiger partial charge in [0, 0.05) is 16.8 Å². The number of rotatable bonds is 3. The van der Waals surface area contributed by atoms with Gasteiger partial charge in [0.25, 0.3) is 0 Å². The lowest BCUT2D eigenvalue weighted by atomic mass is 10.1. The Morgan fingerprint density at radius 1 is 0.577 bits per heavy atom. The Kier molecular flexibility index (Phi) is 4.32. The molecule has 128 valence electrons. The third-order valence-electron chi connectivity index (χ3n) is 4.46. The third-order valence-corrected chi connectivity index (χ3v) is 4.46. The molecule has 1 heterocycles. The highest BCUT2D eigenvalue weighted by atomic mass is 16.5. The largest absolute Gasteiger partial charge is 0.453 e. The maximum absolute atomic E-state index is 6.27. The third kappa shape index (κ3) is 3.40. The quantitative estimate of drug-likeness (QED) is 0.568. The SMILES string of the molecule is Cc1ccc(C2=CN(c3ccccc3)C=C(c3ccc(C)cc3)O2)cc1. The van der Waals surface area contributed by atoms with Gasteiger partial charge in [0.2, 0.25) is 0 Å². The van der Waals surface area contributed by atoms with Gasteiger partial charge in [0.05, 0.1) is 12.4 Å². The highest BCUT2D eigenvalue weighted by molar-refractivity contribution is 5.77. The van der Waals surface area contributed by atoms with E-state index in [4.69, 9.17) is 4.74 Å². The van der Waals surface area contributed by atoms with Crippen LogP contribution in [0.3, 0.4) is 0 Å². The standard InChI is InChI=1S/C24H21NO/c1-18-8-12-20(13-9-18)23-16-25(22-6-4-3-5-7-22)17-24(26-23)21-14-10-19(2)11-15-21/h3-17H,1-2H3. The van der Waals surface area contributed by atoms with Crippen molar-refractivity contribution < 1.29 is 4.74 Å². The molecular weight excluding hydrogens is 318 g/mol. The molecule has 0 atom stereocenters. The fourth-order valence-corrected chi connectivity index (χ4v) is 2.91. The molecule has 0 fully saturated rings. The van der Waals surface area contributed by atoms with Gasteiger partial charge in [-0.15, -0.1) is 0 Å². The first kappa shape index (κ1) is 16.2. The summed E-state index contributed by atoms with van der Waals surface area (Å²) in [7, 11) is 0. The van der Waals surface area contributed by atoms with Gasteiger partial charge >= 0.3 is 0 Å². The molecule has 3 aromatic carbocycles. The lowest BCUT2D eigenvalue weighted by Crippen LogP contribution is -2.15. The molecule has 0 unspecified atom stereocenters. The van der Waals surface area contributed by atoms with E-state index in [0.717, 1.165) is 28.3 Å². The first-order valence-electron chi connectivity index (χ1n) is 8.78. The van der Waals surface area contributed by atoms with Crippen molar-refractivity contribution in [2.45, 2.75) is 13.8 Å². The van der Waals surface area contributed by atoms with E-state index in [2.05, 4.69) is 79.4 Å². The molecule has 0 amide bonds. The van der Waals surface area contributed by atoms with E-state index in [1.165, 1.54) is 11.1 Å². The van der Waals surface area contributed by atoms with E-state index < -0.39 is 0 Å². The van der Waals surface area contributed by atoms with E-state index in [1.54, 1.807) is 0 Å². The van der Waals surface area contributed by atoms with Crippen LogP contribution in [-0.2, 0) is 4.74 Å². The van der Waals surface area contributed by atoms with Crippen LogP contribution in [0.4, 0.5) is 5.69 Å². The number of aryl methyl sites for hydroxylation is 2. The Morgan fingerprint density at radius 3 is 1.50 bits per heavy atom. The van der Waals surface area contributed by atoms with Crippen LogP contribution in [0.1, 0.15) is 22.3 Å². The lowest BCUT2D eigenvalue weighted by molar-refractivity contribution is 0.462. The van der Waals surface area contributed by atoms with E-state index in [-0.39, 0.29) is 0 Å². The number of nitrogens with zero attached hydrogens (tertiary/aromatic N) is 1. The van der Waals surface area contributed by atoms with E-state index in [1.807, 2.05) is 30.6 Å². The van der Waals surface area contributed by atoms with Gasteiger partial charge in [-0.1, -0.05) is 77.9 Å². The average Bonchev–Trinajstić information content (AvgIpc) is 2.69. The maximum atomic E-state index is 6.27. The summed E-state index contributed by atoms with van der Waals surface area (Å²) in [6, 6.07) is 27.1. The number of para-hydroxylation sites is 1. The molecule has 0 N–H and O–H groups in total. The van der Waals surface area contributed by atoms with Crippen LogP contribution in [0.5, 0.6) is 0 Å². The van der Waals surface area contributed by atoms with Crippen molar-refractivity contribution in [2.75, 3.05) is 4.90 Å². The molecule has 0 bridgehead atoms. The number of hydrogen-bond acceptors (Lipinski definition) is 2. The second-order valence-electron chi connectivity index (χ2n) is 6.56. The van der Waals surface area contributed by atoms with E-state index in [9.17, 15) is 0 Å². The smallest absolute Gasteiger partial charge is 0.151 e. The molecule has 26 heavy (non-hydrogen) atoms. The Hall–Kier alpha value is -3.26. The molecule has 1 aliphatic rings. The Morgan fingerprint density at radius 2 is 1.04 bits per heavy atom. The summed E-state index contributed by atoms with van der Waals surface area (Å²) >= 11 is 0. The Balaban J connectivity index is 1.76. The molecule has 3 aromatic rings. The molecule has 0 saturated carbocycles. The Bertz CT molecular complexity index is 890. The minimum absolute atomic E-state index is 0.840. The normalized spacial score (nSPS) is 13.7. The van der Waals surface area contributed by atoms with E-state index >= 15 is 0 Å². The van der Waals surface area contributed by atoms with Crippen molar-refractivity contribution in [3.8, 4) is 0 Å². The minimum atomic E-state index is 0.840. The van der Waals surface area contributed by atoms with Crippen LogP contribution in [0.15, 0.2) is 91.3 Å². The predicted octanol–water partition coefficient (Wildman–Crippen LogP) is 6.14. The highest BCUT2D eigenvalue weighted by Crippen LogP contribution is 2.32. The van der Waals surface area contributed by atoms with Gasteiger partial charge in [0.15, 0.2) is 11.5 Å². The van der Waals surface area contributed by atoms with Gasteiger partial charge in [-0.05, 0) is 26.0 Å². The van der Waals surface area contributed by atoms with Crippen LogP contribution in [0.25, 0.3) is 11.5 Å². The summed E-state index contributed by atoms with van der Waals surface area (Å²) in [6.45, 7) is 4.18. The van der Waals surface area contributed by atoms with Crippen molar-refractivity contribution in [1.29, 1.82) is 0 Å². The molecule has 0 saturated heterocycles. The molecule has 4 rings (SSSR count). The first-order chi connectivity index (χ1) is 12.7. The molecule has 0 aromatic heterocycles. The summed E-state index contributed by atoms with van der Waals surface area (Å²) in [6.07, 6.45) is 4.08. The zero-order chi connectivity index (χ0) is 17.9. The van der Waals surface area contributed by atoms with Crippen LogP contribution >= 0.6 is 0 Å². The van der Waals surface area contributed by atoms with Gasteiger partial charge in [-0.2, -0.15) is 0 Å². The second-order valence-corrected chi connectivity index (χ2v) is 6.56. The van der Waals surface area contributed by atoms with Crippen molar-refractivity contribution in [2.24, 2.45) is 0 Å². The molecule has 0 spiro atoms. The minimum Gasteiger partial charge on any atom is -0.453 e. The zero-order valence-electron chi connectivity index (χ0n) is 15.0. The molecular formula is C24H21NO. The fraction of sp³-hybridized carbons (Fsp3) is 0.0833. The number of benzene rings is 3. The van der Waals surface area contributed by atoms with Crippen molar-refractivity contribution >= 4 is 17.2 Å². The van der Waals surface area contributed by atoms with Gasteiger partial charge in [0.1, 0.15) is 0 Å². The summed E-state index contributed by atoms with van der Waals surface area (Å²) in [5.74, 6) is 1.68. The summed E-state index contributed by atoms with van der Waals surface area (Å²) in [4.78, 5) is 2.12. The molecule has 0 aliphatic carbocycles. The average molecular weight is 339 g/mol. The molecule has 2 nitrogen and oxygen atoms in total. The van der Waals surface area contributed by atoms with Gasteiger partial charge in [-0.25, -0.2) is 0 Å².